The van der Waals surface area contributed by atoms with Crippen LogP contribution in [0.4, 0.5) is 14.5 Å². The van der Waals surface area contributed by atoms with Crippen LogP contribution in [0.5, 0.6) is 0 Å². The van der Waals surface area contributed by atoms with Crippen molar-refractivity contribution >= 4 is 5.69 Å². The maximum absolute atomic E-state index is 13.2. The number of benzene rings is 1. The van der Waals surface area contributed by atoms with Crippen LogP contribution in [0, 0.1) is 11.6 Å². The van der Waals surface area contributed by atoms with Gasteiger partial charge in [-0.2, -0.15) is 0 Å². The predicted octanol–water partition coefficient (Wildman–Crippen LogP) is 2.37. The third-order valence-corrected chi connectivity index (χ3v) is 2.33. The van der Waals surface area contributed by atoms with Crippen LogP contribution < -0.4 is 10.6 Å². The quantitative estimate of drug-likeness (QED) is 0.804. The molecule has 0 aliphatic heterocycles. The number of hydrogen-bond acceptors (Lipinski definition) is 2. The molecule has 84 valence electrons. The first-order chi connectivity index (χ1) is 6.94. The van der Waals surface area contributed by atoms with Crippen LogP contribution in [-0.4, -0.2) is 19.1 Å². The van der Waals surface area contributed by atoms with E-state index < -0.39 is 11.6 Å². The molecule has 0 atom stereocenters. The first-order valence-electron chi connectivity index (χ1n) is 4.82. The highest BCUT2D eigenvalue weighted by molar-refractivity contribution is 5.44. The summed E-state index contributed by atoms with van der Waals surface area (Å²) in [6, 6.07) is 3.50. The smallest absolute Gasteiger partial charge is 0.149 e. The number of likely N-dealkylation sites (N-methyl/N-ethyl adjacent to an activating group) is 1. The van der Waals surface area contributed by atoms with Gasteiger partial charge >= 0.3 is 0 Å². The second-order valence-corrected chi connectivity index (χ2v) is 4.11. The molecule has 1 aromatic carbocycles. The molecule has 2 N–H and O–H groups in total. The predicted molar refractivity (Wildman–Crippen MR) is 58.0 cm³/mol. The molecule has 4 heteroatoms. The minimum absolute atomic E-state index is 0.138. The molecule has 1 rings (SSSR count). The highest BCUT2D eigenvalue weighted by Gasteiger charge is 2.14. The molecule has 0 spiro atoms. The zero-order valence-electron chi connectivity index (χ0n) is 9.20. The van der Waals surface area contributed by atoms with Gasteiger partial charge in [-0.1, -0.05) is 0 Å². The van der Waals surface area contributed by atoms with Gasteiger partial charge in [-0.15, -0.1) is 0 Å². The average molecular weight is 214 g/mol. The Labute approximate surface area is 88.7 Å². The van der Waals surface area contributed by atoms with Crippen molar-refractivity contribution in [2.45, 2.75) is 19.4 Å². The van der Waals surface area contributed by atoms with E-state index >= 15 is 0 Å². The van der Waals surface area contributed by atoms with Crippen LogP contribution in [0.15, 0.2) is 18.2 Å². The lowest BCUT2D eigenvalue weighted by molar-refractivity contribution is 0.447. The molecule has 0 unspecified atom stereocenters. The van der Waals surface area contributed by atoms with E-state index in [9.17, 15) is 8.78 Å². The number of nitrogens with one attached hydrogen (secondary N) is 2. The van der Waals surface area contributed by atoms with E-state index in [2.05, 4.69) is 10.6 Å². The van der Waals surface area contributed by atoms with Gasteiger partial charge < -0.3 is 10.6 Å². The van der Waals surface area contributed by atoms with Gasteiger partial charge in [-0.05, 0) is 33.0 Å². The second-order valence-electron chi connectivity index (χ2n) is 4.11. The zero-order chi connectivity index (χ0) is 11.5. The van der Waals surface area contributed by atoms with Crippen LogP contribution in [-0.2, 0) is 0 Å². The van der Waals surface area contributed by atoms with Crippen molar-refractivity contribution in [2.24, 2.45) is 0 Å². The summed E-state index contributed by atoms with van der Waals surface area (Å²) in [6.45, 7) is 4.54. The number of halogens is 2. The van der Waals surface area contributed by atoms with Crippen molar-refractivity contribution in [3.05, 3.63) is 29.8 Å². The van der Waals surface area contributed by atoms with Crippen molar-refractivity contribution in [2.75, 3.05) is 18.9 Å². The maximum Gasteiger partial charge on any atom is 0.149 e. The van der Waals surface area contributed by atoms with E-state index in [0.717, 1.165) is 6.07 Å². The standard InChI is InChI=1S/C11H16F2N2/c1-11(2,14-3)7-15-10-5-4-8(12)6-9(10)13/h4-6,14-15H,7H2,1-3H3. The average Bonchev–Trinajstić information content (AvgIpc) is 2.16. The van der Waals surface area contributed by atoms with Crippen LogP contribution in [0.3, 0.4) is 0 Å². The molecule has 0 saturated carbocycles. The SMILES string of the molecule is CNC(C)(C)CNc1ccc(F)cc1F. The van der Waals surface area contributed by atoms with Crippen LogP contribution in [0.1, 0.15) is 13.8 Å². The lowest BCUT2D eigenvalue weighted by Crippen LogP contribution is -2.42. The molecule has 0 amide bonds. The van der Waals surface area contributed by atoms with Gasteiger partial charge in [0.1, 0.15) is 11.6 Å². The molecule has 0 heterocycles. The molecule has 15 heavy (non-hydrogen) atoms. The summed E-state index contributed by atoms with van der Waals surface area (Å²) in [7, 11) is 1.84. The monoisotopic (exact) mass is 214 g/mol. The molecular weight excluding hydrogens is 198 g/mol. The molecule has 1 aromatic rings. The van der Waals surface area contributed by atoms with Gasteiger partial charge in [0.05, 0.1) is 5.69 Å². The number of anilines is 1. The summed E-state index contributed by atoms with van der Waals surface area (Å²) in [6.07, 6.45) is 0. The topological polar surface area (TPSA) is 24.1 Å². The molecule has 0 aromatic heterocycles. The Kier molecular flexibility index (Phi) is 3.63. The third-order valence-electron chi connectivity index (χ3n) is 2.33. The largest absolute Gasteiger partial charge is 0.381 e. The Hall–Kier alpha value is -1.16. The van der Waals surface area contributed by atoms with Gasteiger partial charge in [0.2, 0.25) is 0 Å². The molecule has 0 aliphatic carbocycles. The van der Waals surface area contributed by atoms with Crippen LogP contribution in [0.2, 0.25) is 0 Å². The normalized spacial score (nSPS) is 11.5. The molecular formula is C11H16F2N2. The molecule has 0 radical (unpaired) electrons. The van der Waals surface area contributed by atoms with Crippen LogP contribution in [0.25, 0.3) is 0 Å². The Bertz CT molecular complexity index is 337. The fraction of sp³-hybridized carbons (Fsp3) is 0.455. The highest BCUT2D eigenvalue weighted by Crippen LogP contribution is 2.15. The maximum atomic E-state index is 13.2. The van der Waals surface area contributed by atoms with E-state index in [1.165, 1.54) is 12.1 Å². The number of hydrogen-bond donors (Lipinski definition) is 2. The van der Waals surface area contributed by atoms with E-state index in [1.54, 1.807) is 0 Å². The fourth-order valence-electron chi connectivity index (χ4n) is 1.04. The van der Waals surface area contributed by atoms with Gasteiger partial charge in [0.25, 0.3) is 0 Å². The summed E-state index contributed by atoms with van der Waals surface area (Å²) in [5.74, 6) is -1.13. The van der Waals surface area contributed by atoms with Gasteiger partial charge in [-0.3, -0.25) is 0 Å². The van der Waals surface area contributed by atoms with Gasteiger partial charge in [0.15, 0.2) is 0 Å². The zero-order valence-corrected chi connectivity index (χ0v) is 9.20. The molecule has 2 nitrogen and oxygen atoms in total. The minimum atomic E-state index is -0.568. The van der Waals surface area contributed by atoms with Crippen molar-refractivity contribution < 1.29 is 8.78 Å². The van der Waals surface area contributed by atoms with Crippen molar-refractivity contribution in [3.63, 3.8) is 0 Å². The van der Waals surface area contributed by atoms with Gasteiger partial charge in [0, 0.05) is 18.2 Å². The summed E-state index contributed by atoms with van der Waals surface area (Å²) >= 11 is 0. The van der Waals surface area contributed by atoms with E-state index in [4.69, 9.17) is 0 Å². The minimum Gasteiger partial charge on any atom is -0.381 e. The van der Waals surface area contributed by atoms with Gasteiger partial charge in [-0.25, -0.2) is 8.78 Å². The Morgan fingerprint density at radius 2 is 1.93 bits per heavy atom. The molecule has 0 aliphatic rings. The lowest BCUT2D eigenvalue weighted by Gasteiger charge is -2.25. The highest BCUT2D eigenvalue weighted by atomic mass is 19.1. The molecule has 0 saturated heterocycles. The lowest BCUT2D eigenvalue weighted by atomic mass is 10.1. The Morgan fingerprint density at radius 3 is 2.47 bits per heavy atom. The summed E-state index contributed by atoms with van der Waals surface area (Å²) in [5.41, 5.74) is 0.181. The first kappa shape index (κ1) is 11.9. The molecule has 0 fully saturated rings. The van der Waals surface area contributed by atoms with E-state index in [-0.39, 0.29) is 5.54 Å². The summed E-state index contributed by atoms with van der Waals surface area (Å²) in [4.78, 5) is 0. The fourth-order valence-corrected chi connectivity index (χ4v) is 1.04. The van der Waals surface area contributed by atoms with Crippen LogP contribution >= 0.6 is 0 Å². The Balaban J connectivity index is 2.66. The first-order valence-corrected chi connectivity index (χ1v) is 4.82. The Morgan fingerprint density at radius 1 is 1.27 bits per heavy atom. The van der Waals surface area contributed by atoms with Crippen molar-refractivity contribution in [1.29, 1.82) is 0 Å². The summed E-state index contributed by atoms with van der Waals surface area (Å²) < 4.78 is 25.8. The van der Waals surface area contributed by atoms with Crippen molar-refractivity contribution in [3.8, 4) is 0 Å². The van der Waals surface area contributed by atoms with Crippen molar-refractivity contribution in [1.82, 2.24) is 5.32 Å². The molecule has 0 bridgehead atoms. The van der Waals surface area contributed by atoms with E-state index in [1.807, 2.05) is 20.9 Å². The van der Waals surface area contributed by atoms with E-state index in [0.29, 0.717) is 12.2 Å². The third kappa shape index (κ3) is 3.47. The second kappa shape index (κ2) is 4.57. The summed E-state index contributed by atoms with van der Waals surface area (Å²) in [5, 5.41) is 6.01. The number of rotatable bonds is 4.